The van der Waals surface area contributed by atoms with Crippen LogP contribution in [0.5, 0.6) is 0 Å². The van der Waals surface area contributed by atoms with Gasteiger partial charge in [-0.2, -0.15) is 0 Å². The van der Waals surface area contributed by atoms with E-state index in [9.17, 15) is 19.8 Å². The number of carboxylic acids is 2. The van der Waals surface area contributed by atoms with E-state index in [0.29, 0.717) is 6.42 Å². The predicted molar refractivity (Wildman–Crippen MR) is 106 cm³/mol. The second-order valence-electron chi connectivity index (χ2n) is 6.86. The van der Waals surface area contributed by atoms with Crippen LogP contribution in [0.2, 0.25) is 0 Å². The van der Waals surface area contributed by atoms with Gasteiger partial charge in [-0.05, 0) is 36.5 Å². The molecule has 2 aromatic rings. The molecular weight excluding hydrogens is 342 g/mol. The lowest BCUT2D eigenvalue weighted by Crippen LogP contribution is -2.48. The van der Waals surface area contributed by atoms with E-state index >= 15 is 0 Å². The van der Waals surface area contributed by atoms with Gasteiger partial charge in [0, 0.05) is 0 Å². The highest BCUT2D eigenvalue weighted by Crippen LogP contribution is 2.21. The highest BCUT2D eigenvalue weighted by molar-refractivity contribution is 5.78. The van der Waals surface area contributed by atoms with Crippen LogP contribution in [0, 0.1) is 6.92 Å². The summed E-state index contributed by atoms with van der Waals surface area (Å²) in [4.78, 5) is 23.1. The number of rotatable bonds is 10. The van der Waals surface area contributed by atoms with E-state index in [0.717, 1.165) is 29.5 Å². The number of nitrogens with one attached hydrogen (secondary N) is 1. The Morgan fingerprint density at radius 2 is 1.63 bits per heavy atom. The van der Waals surface area contributed by atoms with Crippen molar-refractivity contribution in [3.63, 3.8) is 0 Å². The van der Waals surface area contributed by atoms with Gasteiger partial charge in [0.05, 0.1) is 0 Å². The van der Waals surface area contributed by atoms with E-state index < -0.39 is 24.0 Å². The summed E-state index contributed by atoms with van der Waals surface area (Å²) in [6.07, 6.45) is 2.24. The number of benzene rings is 2. The van der Waals surface area contributed by atoms with Crippen LogP contribution in [0.3, 0.4) is 0 Å². The van der Waals surface area contributed by atoms with Crippen LogP contribution in [-0.2, 0) is 16.0 Å². The molecule has 0 amide bonds. The molecule has 0 bridgehead atoms. The summed E-state index contributed by atoms with van der Waals surface area (Å²) in [6, 6.07) is 14.1. The molecule has 2 rings (SSSR count). The van der Waals surface area contributed by atoms with Crippen molar-refractivity contribution in [3.05, 3.63) is 59.7 Å². The van der Waals surface area contributed by atoms with Crippen LogP contribution < -0.4 is 5.32 Å². The zero-order valence-corrected chi connectivity index (χ0v) is 15.8. The Hall–Kier alpha value is -2.66. The van der Waals surface area contributed by atoms with Crippen molar-refractivity contribution in [3.8, 4) is 11.1 Å². The van der Waals surface area contributed by atoms with Gasteiger partial charge < -0.3 is 10.2 Å². The van der Waals surface area contributed by atoms with E-state index in [4.69, 9.17) is 0 Å². The van der Waals surface area contributed by atoms with Crippen molar-refractivity contribution < 1.29 is 19.8 Å². The van der Waals surface area contributed by atoms with E-state index in [1.807, 2.05) is 62.4 Å². The van der Waals surface area contributed by atoms with E-state index in [1.54, 1.807) is 0 Å². The minimum absolute atomic E-state index is 0.227. The Morgan fingerprint density at radius 3 is 2.22 bits per heavy atom. The summed E-state index contributed by atoms with van der Waals surface area (Å²) < 4.78 is 0. The molecule has 0 aliphatic heterocycles. The van der Waals surface area contributed by atoms with Gasteiger partial charge in [-0.3, -0.25) is 14.9 Å². The first kappa shape index (κ1) is 20.6. The number of aliphatic carboxylic acids is 2. The van der Waals surface area contributed by atoms with Crippen LogP contribution in [0.4, 0.5) is 0 Å². The molecule has 2 aromatic carbocycles. The second-order valence-corrected chi connectivity index (χ2v) is 6.86. The predicted octanol–water partition coefficient (Wildman–Crippen LogP) is 3.89. The topological polar surface area (TPSA) is 86.6 Å². The number of carbonyl (C=O) groups is 2. The average molecular weight is 369 g/mol. The Kier molecular flexibility index (Phi) is 7.55. The minimum Gasteiger partial charge on any atom is -0.480 e. The van der Waals surface area contributed by atoms with Crippen molar-refractivity contribution in [2.24, 2.45) is 0 Å². The molecule has 0 saturated carbocycles. The van der Waals surface area contributed by atoms with Gasteiger partial charge in [0.15, 0.2) is 0 Å². The van der Waals surface area contributed by atoms with Crippen LogP contribution in [0.25, 0.3) is 11.1 Å². The first-order valence-corrected chi connectivity index (χ1v) is 9.28. The summed E-state index contributed by atoms with van der Waals surface area (Å²) in [5.41, 5.74) is 4.11. The second kappa shape index (κ2) is 9.88. The van der Waals surface area contributed by atoms with Crippen LogP contribution in [0.15, 0.2) is 48.5 Å². The van der Waals surface area contributed by atoms with E-state index in [2.05, 4.69) is 5.32 Å². The number of hydrogen-bond donors (Lipinski definition) is 3. The summed E-state index contributed by atoms with van der Waals surface area (Å²) in [6.45, 7) is 4.00. The maximum absolute atomic E-state index is 11.7. The average Bonchev–Trinajstić information content (AvgIpc) is 2.64. The Labute approximate surface area is 160 Å². The first-order valence-electron chi connectivity index (χ1n) is 9.28. The number of unbranched alkanes of at least 4 members (excludes halogenated alkanes) is 1. The summed E-state index contributed by atoms with van der Waals surface area (Å²) in [7, 11) is 0. The quantitative estimate of drug-likeness (QED) is 0.591. The van der Waals surface area contributed by atoms with Crippen molar-refractivity contribution in [2.45, 2.75) is 51.6 Å². The van der Waals surface area contributed by atoms with Crippen molar-refractivity contribution in [2.75, 3.05) is 0 Å². The lowest BCUT2D eigenvalue weighted by atomic mass is 9.98. The van der Waals surface area contributed by atoms with Gasteiger partial charge in [-0.1, -0.05) is 73.9 Å². The molecule has 0 aromatic heterocycles. The van der Waals surface area contributed by atoms with E-state index in [-0.39, 0.29) is 6.42 Å². The highest BCUT2D eigenvalue weighted by atomic mass is 16.4. The fraction of sp³-hybridized carbons (Fsp3) is 0.364. The molecule has 3 N–H and O–H groups in total. The Bertz CT molecular complexity index is 770. The molecule has 0 aliphatic rings. The monoisotopic (exact) mass is 369 g/mol. The third-order valence-electron chi connectivity index (χ3n) is 4.60. The largest absolute Gasteiger partial charge is 0.480 e. The molecular formula is C22H27NO4. The zero-order chi connectivity index (χ0) is 19.8. The Balaban J connectivity index is 2.16. The summed E-state index contributed by atoms with van der Waals surface area (Å²) in [5.74, 6) is -2.05. The fourth-order valence-electron chi connectivity index (χ4n) is 3.01. The Morgan fingerprint density at radius 1 is 0.963 bits per heavy atom. The molecule has 144 valence electrons. The van der Waals surface area contributed by atoms with Crippen molar-refractivity contribution >= 4 is 11.9 Å². The number of carboxylic acid groups (broad SMARTS) is 2. The van der Waals surface area contributed by atoms with Gasteiger partial charge in [-0.25, -0.2) is 0 Å². The van der Waals surface area contributed by atoms with Gasteiger partial charge in [0.1, 0.15) is 12.1 Å². The smallest absolute Gasteiger partial charge is 0.321 e. The lowest BCUT2D eigenvalue weighted by molar-refractivity contribution is -0.142. The molecule has 0 saturated heterocycles. The lowest BCUT2D eigenvalue weighted by Gasteiger charge is -2.20. The fourth-order valence-corrected chi connectivity index (χ4v) is 3.01. The van der Waals surface area contributed by atoms with Gasteiger partial charge in [0.25, 0.3) is 0 Å². The molecule has 0 aliphatic carbocycles. The maximum Gasteiger partial charge on any atom is 0.321 e. The van der Waals surface area contributed by atoms with Gasteiger partial charge in [0.2, 0.25) is 0 Å². The van der Waals surface area contributed by atoms with Crippen molar-refractivity contribution in [1.82, 2.24) is 5.32 Å². The van der Waals surface area contributed by atoms with Crippen LogP contribution >= 0.6 is 0 Å². The number of hydrogen-bond acceptors (Lipinski definition) is 3. The standard InChI is InChI=1S/C22H27NO4/c1-3-4-8-19(21(24)25)23-20(22(26)27)14-16-6-5-7-18(13-16)17-11-9-15(2)10-12-17/h5-7,9-13,19-20,23H,3-4,8,14H2,1-2H3,(H,24,25)(H,26,27). The van der Waals surface area contributed by atoms with Gasteiger partial charge >= 0.3 is 11.9 Å². The molecule has 5 nitrogen and oxygen atoms in total. The molecule has 0 fully saturated rings. The van der Waals surface area contributed by atoms with Crippen LogP contribution in [-0.4, -0.2) is 34.2 Å². The zero-order valence-electron chi connectivity index (χ0n) is 15.8. The molecule has 27 heavy (non-hydrogen) atoms. The van der Waals surface area contributed by atoms with Gasteiger partial charge in [-0.15, -0.1) is 0 Å². The molecule has 0 radical (unpaired) electrons. The minimum atomic E-state index is -1.04. The third kappa shape index (κ3) is 6.22. The first-order chi connectivity index (χ1) is 12.9. The third-order valence-corrected chi connectivity index (χ3v) is 4.60. The molecule has 2 atom stereocenters. The summed E-state index contributed by atoms with van der Waals surface area (Å²) in [5, 5.41) is 21.7. The molecule has 0 heterocycles. The van der Waals surface area contributed by atoms with Crippen LogP contribution in [0.1, 0.15) is 37.3 Å². The SMILES string of the molecule is CCCCC(NC(Cc1cccc(-c2ccc(C)cc2)c1)C(=O)O)C(=O)O. The molecule has 0 spiro atoms. The molecule has 2 unspecified atom stereocenters. The number of aryl methyl sites for hydroxylation is 1. The summed E-state index contributed by atoms with van der Waals surface area (Å²) >= 11 is 0. The highest BCUT2D eigenvalue weighted by Gasteiger charge is 2.25. The molecule has 5 heteroatoms. The maximum atomic E-state index is 11.7. The van der Waals surface area contributed by atoms with Crippen molar-refractivity contribution in [1.29, 1.82) is 0 Å². The normalized spacial score (nSPS) is 13.1. The van der Waals surface area contributed by atoms with E-state index in [1.165, 1.54) is 5.56 Å².